The van der Waals surface area contributed by atoms with E-state index in [1.807, 2.05) is 40.7 Å². The number of thioether (sulfide) groups is 1. The zero-order valence-corrected chi connectivity index (χ0v) is 16.6. The summed E-state index contributed by atoms with van der Waals surface area (Å²) in [7, 11) is 0. The molecule has 0 spiro atoms. The van der Waals surface area contributed by atoms with E-state index in [2.05, 4.69) is 17.1 Å². The number of aromatic nitrogens is 3. The summed E-state index contributed by atoms with van der Waals surface area (Å²) in [6.07, 6.45) is 1.07. The van der Waals surface area contributed by atoms with Gasteiger partial charge in [-0.05, 0) is 37.6 Å². The van der Waals surface area contributed by atoms with Crippen LogP contribution in [-0.4, -0.2) is 57.1 Å². The highest BCUT2D eigenvalue weighted by molar-refractivity contribution is 7.99. The number of carbonyl (C=O) groups is 1. The fourth-order valence-electron chi connectivity index (χ4n) is 2.90. The molecule has 0 radical (unpaired) electrons. The Morgan fingerprint density at radius 3 is 2.77 bits per heavy atom. The Morgan fingerprint density at radius 1 is 1.31 bits per heavy atom. The summed E-state index contributed by atoms with van der Waals surface area (Å²) in [5, 5.41) is 10.0. The van der Waals surface area contributed by atoms with Crippen LogP contribution in [0.4, 0.5) is 0 Å². The van der Waals surface area contributed by atoms with E-state index in [4.69, 9.17) is 16.3 Å². The van der Waals surface area contributed by atoms with E-state index < -0.39 is 0 Å². The summed E-state index contributed by atoms with van der Waals surface area (Å²) >= 11 is 7.39. The van der Waals surface area contributed by atoms with Crippen LogP contribution in [0.1, 0.15) is 20.3 Å². The number of hydrogen-bond donors (Lipinski definition) is 0. The lowest BCUT2D eigenvalue weighted by molar-refractivity contribution is -0.135. The van der Waals surface area contributed by atoms with Crippen LogP contribution in [0, 0.1) is 0 Å². The molecule has 0 N–H and O–H groups in total. The van der Waals surface area contributed by atoms with Gasteiger partial charge in [-0.15, -0.1) is 10.2 Å². The zero-order chi connectivity index (χ0) is 18.5. The van der Waals surface area contributed by atoms with Crippen molar-refractivity contribution in [3.8, 4) is 11.4 Å². The molecule has 1 amide bonds. The summed E-state index contributed by atoms with van der Waals surface area (Å²) in [6.45, 7) is 6.80. The zero-order valence-electron chi connectivity index (χ0n) is 15.0. The highest BCUT2D eigenvalue weighted by atomic mass is 35.5. The van der Waals surface area contributed by atoms with Crippen LogP contribution in [-0.2, 0) is 16.1 Å². The number of hydrogen-bond acceptors (Lipinski definition) is 5. The molecule has 8 heteroatoms. The topological polar surface area (TPSA) is 60.2 Å². The summed E-state index contributed by atoms with van der Waals surface area (Å²) in [6, 6.07) is 7.53. The predicted molar refractivity (Wildman–Crippen MR) is 103 cm³/mol. The van der Waals surface area contributed by atoms with Crippen molar-refractivity contribution in [1.82, 2.24) is 19.7 Å². The molecule has 2 heterocycles. The third-order valence-electron chi connectivity index (χ3n) is 4.41. The number of nitrogens with zero attached hydrogens (tertiary/aromatic N) is 4. The van der Waals surface area contributed by atoms with Crippen LogP contribution in [0.15, 0.2) is 29.4 Å². The van der Waals surface area contributed by atoms with Crippen molar-refractivity contribution >= 4 is 29.3 Å². The van der Waals surface area contributed by atoms with E-state index in [9.17, 15) is 4.79 Å². The van der Waals surface area contributed by atoms with E-state index in [0.29, 0.717) is 30.5 Å². The highest BCUT2D eigenvalue weighted by Crippen LogP contribution is 2.25. The SMILES string of the molecule is CCC1CN(C(=O)CSc2nnc(-c3ccc(Cl)cc3)n2CC)CCO1. The van der Waals surface area contributed by atoms with Gasteiger partial charge >= 0.3 is 0 Å². The van der Waals surface area contributed by atoms with Crippen molar-refractivity contribution in [2.24, 2.45) is 0 Å². The fraction of sp³-hybridized carbons (Fsp3) is 0.500. The molecule has 1 aromatic heterocycles. The Kier molecular flexibility index (Phi) is 6.56. The number of benzene rings is 1. The molecule has 140 valence electrons. The van der Waals surface area contributed by atoms with Crippen molar-refractivity contribution in [2.45, 2.75) is 38.1 Å². The van der Waals surface area contributed by atoms with Crippen LogP contribution in [0.25, 0.3) is 11.4 Å². The number of halogens is 1. The van der Waals surface area contributed by atoms with Gasteiger partial charge in [0.1, 0.15) is 0 Å². The average molecular weight is 395 g/mol. The monoisotopic (exact) mass is 394 g/mol. The molecule has 1 saturated heterocycles. The van der Waals surface area contributed by atoms with Gasteiger partial charge in [0, 0.05) is 30.2 Å². The first-order valence-corrected chi connectivity index (χ1v) is 10.2. The van der Waals surface area contributed by atoms with Gasteiger partial charge in [-0.3, -0.25) is 4.79 Å². The molecular weight excluding hydrogens is 372 g/mol. The van der Waals surface area contributed by atoms with Crippen molar-refractivity contribution in [2.75, 3.05) is 25.4 Å². The molecule has 1 aromatic carbocycles. The smallest absolute Gasteiger partial charge is 0.233 e. The quantitative estimate of drug-likeness (QED) is 0.703. The first kappa shape index (κ1) is 19.2. The van der Waals surface area contributed by atoms with E-state index in [0.717, 1.165) is 29.5 Å². The number of ether oxygens (including phenoxy) is 1. The number of morpholine rings is 1. The molecule has 0 saturated carbocycles. The average Bonchev–Trinajstić information content (AvgIpc) is 3.09. The first-order chi connectivity index (χ1) is 12.6. The van der Waals surface area contributed by atoms with Crippen molar-refractivity contribution in [1.29, 1.82) is 0 Å². The van der Waals surface area contributed by atoms with Crippen LogP contribution in [0.5, 0.6) is 0 Å². The molecule has 0 bridgehead atoms. The van der Waals surface area contributed by atoms with Crippen LogP contribution < -0.4 is 0 Å². The molecule has 1 aliphatic rings. The van der Waals surface area contributed by atoms with E-state index in [1.165, 1.54) is 11.8 Å². The van der Waals surface area contributed by atoms with Gasteiger partial charge in [-0.2, -0.15) is 0 Å². The van der Waals surface area contributed by atoms with E-state index in [1.54, 1.807) is 0 Å². The van der Waals surface area contributed by atoms with Gasteiger partial charge < -0.3 is 14.2 Å². The minimum atomic E-state index is 0.121. The third kappa shape index (κ3) is 4.39. The Labute approximate surface area is 162 Å². The molecule has 0 aliphatic carbocycles. The number of amides is 1. The summed E-state index contributed by atoms with van der Waals surface area (Å²) in [5.41, 5.74) is 0.959. The van der Waals surface area contributed by atoms with Crippen LogP contribution >= 0.6 is 23.4 Å². The maximum Gasteiger partial charge on any atom is 0.233 e. The Balaban J connectivity index is 1.66. The standard InChI is InChI=1S/C18H23ClN4O2S/c1-3-15-11-22(9-10-25-15)16(24)12-26-18-21-20-17(23(18)4-2)13-5-7-14(19)8-6-13/h5-8,15H,3-4,9-12H2,1-2H3. The molecule has 2 aromatic rings. The lowest BCUT2D eigenvalue weighted by atomic mass is 10.2. The summed E-state index contributed by atoms with van der Waals surface area (Å²) in [4.78, 5) is 14.4. The lowest BCUT2D eigenvalue weighted by Crippen LogP contribution is -2.46. The van der Waals surface area contributed by atoms with Crippen molar-refractivity contribution < 1.29 is 9.53 Å². The molecule has 6 nitrogen and oxygen atoms in total. The Morgan fingerprint density at radius 2 is 2.08 bits per heavy atom. The maximum atomic E-state index is 12.5. The second kappa shape index (κ2) is 8.88. The second-order valence-electron chi connectivity index (χ2n) is 6.09. The van der Waals surface area contributed by atoms with Gasteiger partial charge in [0.15, 0.2) is 11.0 Å². The van der Waals surface area contributed by atoms with Crippen LogP contribution in [0.2, 0.25) is 5.02 Å². The Hall–Kier alpha value is -1.57. The normalized spacial score (nSPS) is 17.5. The maximum absolute atomic E-state index is 12.5. The molecule has 1 fully saturated rings. The first-order valence-electron chi connectivity index (χ1n) is 8.83. The summed E-state index contributed by atoms with van der Waals surface area (Å²) < 4.78 is 7.65. The lowest BCUT2D eigenvalue weighted by Gasteiger charge is -2.32. The largest absolute Gasteiger partial charge is 0.375 e. The van der Waals surface area contributed by atoms with Crippen molar-refractivity contribution in [3.63, 3.8) is 0 Å². The highest BCUT2D eigenvalue weighted by Gasteiger charge is 2.24. The Bertz CT molecular complexity index is 750. The molecule has 3 rings (SSSR count). The van der Waals surface area contributed by atoms with Crippen molar-refractivity contribution in [3.05, 3.63) is 29.3 Å². The van der Waals surface area contributed by atoms with Gasteiger partial charge in [0.25, 0.3) is 0 Å². The van der Waals surface area contributed by atoms with Gasteiger partial charge in [-0.25, -0.2) is 0 Å². The third-order valence-corrected chi connectivity index (χ3v) is 5.61. The fourth-order valence-corrected chi connectivity index (χ4v) is 3.93. The minimum Gasteiger partial charge on any atom is -0.375 e. The molecule has 1 atom stereocenters. The predicted octanol–water partition coefficient (Wildman–Crippen LogP) is 3.35. The summed E-state index contributed by atoms with van der Waals surface area (Å²) in [5.74, 6) is 1.27. The van der Waals surface area contributed by atoms with Crippen LogP contribution in [0.3, 0.4) is 0 Å². The molecule has 1 unspecified atom stereocenters. The molecule has 1 aliphatic heterocycles. The van der Waals surface area contributed by atoms with Gasteiger partial charge in [-0.1, -0.05) is 30.3 Å². The second-order valence-corrected chi connectivity index (χ2v) is 7.47. The number of rotatable bonds is 6. The molecule has 26 heavy (non-hydrogen) atoms. The van der Waals surface area contributed by atoms with Gasteiger partial charge in [0.2, 0.25) is 5.91 Å². The molecular formula is C18H23ClN4O2S. The number of carbonyl (C=O) groups excluding carboxylic acids is 1. The minimum absolute atomic E-state index is 0.121. The van der Waals surface area contributed by atoms with E-state index in [-0.39, 0.29) is 12.0 Å². The van der Waals surface area contributed by atoms with Gasteiger partial charge in [0.05, 0.1) is 18.5 Å². The van der Waals surface area contributed by atoms with E-state index >= 15 is 0 Å².